The molecule has 0 radical (unpaired) electrons. The van der Waals surface area contributed by atoms with Crippen LogP contribution in [0, 0.1) is 0 Å². The Bertz CT molecular complexity index is 854. The second-order valence-electron chi connectivity index (χ2n) is 5.96. The molecule has 0 spiro atoms. The van der Waals surface area contributed by atoms with Gasteiger partial charge in [0.2, 0.25) is 5.95 Å². The molecule has 2 aromatic heterocycles. The van der Waals surface area contributed by atoms with Crippen molar-refractivity contribution in [1.82, 2.24) is 19.5 Å². The Kier molecular flexibility index (Phi) is 4.88. The maximum absolute atomic E-state index is 10.8. The predicted octanol–water partition coefficient (Wildman–Crippen LogP) is -1.80. The Morgan fingerprint density at radius 1 is 1.35 bits per heavy atom. The molecule has 13 nitrogen and oxygen atoms in total. The maximum Gasteiger partial charge on any atom is 0.469 e. The van der Waals surface area contributed by atoms with Gasteiger partial charge in [0.25, 0.3) is 0 Å². The Labute approximate surface area is 147 Å². The lowest BCUT2D eigenvalue weighted by molar-refractivity contribution is -0.0503. The Morgan fingerprint density at radius 2 is 2.04 bits per heavy atom. The first-order chi connectivity index (χ1) is 12.1. The number of phosphoric ester groups is 1. The molecule has 1 aliphatic heterocycles. The summed E-state index contributed by atoms with van der Waals surface area (Å²) in [6.07, 6.45) is -3.78. The van der Waals surface area contributed by atoms with Gasteiger partial charge in [0, 0.05) is 14.1 Å². The predicted molar refractivity (Wildman–Crippen MR) is 88.0 cm³/mol. The van der Waals surface area contributed by atoms with Gasteiger partial charge in [0.1, 0.15) is 23.8 Å². The summed E-state index contributed by atoms with van der Waals surface area (Å²) in [5, 5.41) is 20.4. The molecule has 1 aliphatic rings. The van der Waals surface area contributed by atoms with Crippen LogP contribution in [-0.4, -0.2) is 78.5 Å². The lowest BCUT2D eigenvalue weighted by atomic mass is 10.1. The first kappa shape index (κ1) is 18.9. The van der Waals surface area contributed by atoms with Crippen molar-refractivity contribution in [2.75, 3.05) is 31.3 Å². The number of imidazole rings is 1. The van der Waals surface area contributed by atoms with Crippen molar-refractivity contribution < 1.29 is 33.8 Å². The topological polar surface area (TPSA) is 189 Å². The molecule has 0 saturated carbocycles. The van der Waals surface area contributed by atoms with Crippen molar-refractivity contribution in [2.24, 2.45) is 0 Å². The fourth-order valence-electron chi connectivity index (χ4n) is 2.58. The second kappa shape index (κ2) is 6.70. The monoisotopic (exact) mass is 390 g/mol. The van der Waals surface area contributed by atoms with E-state index < -0.39 is 39.0 Å². The van der Waals surface area contributed by atoms with Gasteiger partial charge in [0.15, 0.2) is 17.7 Å². The summed E-state index contributed by atoms with van der Waals surface area (Å²) in [7, 11) is -1.29. The van der Waals surface area contributed by atoms with Gasteiger partial charge in [-0.3, -0.25) is 9.09 Å². The maximum atomic E-state index is 10.8. The van der Waals surface area contributed by atoms with Crippen LogP contribution in [-0.2, 0) is 13.8 Å². The molecule has 6 N–H and O–H groups in total. The average Bonchev–Trinajstić information content (AvgIpc) is 3.08. The van der Waals surface area contributed by atoms with Gasteiger partial charge < -0.3 is 35.4 Å². The van der Waals surface area contributed by atoms with Crippen molar-refractivity contribution in [3.63, 3.8) is 0 Å². The van der Waals surface area contributed by atoms with Crippen LogP contribution in [0.15, 0.2) is 6.33 Å². The number of hydrogen-bond acceptors (Lipinski definition) is 10. The van der Waals surface area contributed by atoms with Crippen LogP contribution in [0.2, 0.25) is 0 Å². The highest BCUT2D eigenvalue weighted by Gasteiger charge is 2.45. The number of nitrogens with zero attached hydrogens (tertiary/aromatic N) is 5. The van der Waals surface area contributed by atoms with Crippen LogP contribution in [0.5, 0.6) is 0 Å². The molecule has 14 heteroatoms. The molecule has 3 heterocycles. The van der Waals surface area contributed by atoms with E-state index >= 15 is 0 Å². The molecule has 2 aromatic rings. The third kappa shape index (κ3) is 3.50. The van der Waals surface area contributed by atoms with Gasteiger partial charge >= 0.3 is 7.82 Å². The van der Waals surface area contributed by atoms with Gasteiger partial charge in [0.05, 0.1) is 12.9 Å². The SMILES string of the molecule is CN(C)c1nc(N)c2ncn(C3O[C@H](COP(=O)(O)O)[C@@H](O)[C@H]3O)c2n1. The van der Waals surface area contributed by atoms with Crippen LogP contribution >= 0.6 is 7.82 Å². The van der Waals surface area contributed by atoms with Crippen LogP contribution in [0.1, 0.15) is 6.23 Å². The molecule has 0 bridgehead atoms. The number of anilines is 2. The van der Waals surface area contributed by atoms with Crippen molar-refractivity contribution >= 4 is 30.8 Å². The molecule has 0 aliphatic carbocycles. The lowest BCUT2D eigenvalue weighted by Gasteiger charge is -2.17. The largest absolute Gasteiger partial charge is 0.469 e. The summed E-state index contributed by atoms with van der Waals surface area (Å²) in [5.41, 5.74) is 6.44. The summed E-state index contributed by atoms with van der Waals surface area (Å²) in [4.78, 5) is 31.7. The first-order valence-corrected chi connectivity index (χ1v) is 9.00. The van der Waals surface area contributed by atoms with E-state index in [2.05, 4.69) is 19.5 Å². The van der Waals surface area contributed by atoms with Crippen LogP contribution in [0.4, 0.5) is 11.8 Å². The third-order valence-electron chi connectivity index (χ3n) is 3.85. The van der Waals surface area contributed by atoms with Gasteiger partial charge in [-0.25, -0.2) is 9.55 Å². The summed E-state index contributed by atoms with van der Waals surface area (Å²) in [5.74, 6) is 0.443. The van der Waals surface area contributed by atoms with E-state index in [0.717, 1.165) is 0 Å². The Hall–Kier alpha value is -1.86. The zero-order chi connectivity index (χ0) is 19.2. The third-order valence-corrected chi connectivity index (χ3v) is 4.34. The van der Waals surface area contributed by atoms with Crippen molar-refractivity contribution in [3.05, 3.63) is 6.33 Å². The van der Waals surface area contributed by atoms with Gasteiger partial charge in [-0.05, 0) is 0 Å². The minimum Gasteiger partial charge on any atom is -0.387 e. The summed E-state index contributed by atoms with van der Waals surface area (Å²) in [6, 6.07) is 0. The second-order valence-corrected chi connectivity index (χ2v) is 7.20. The normalized spacial score (nSPS) is 26.5. The Balaban J connectivity index is 1.92. The number of aromatic nitrogens is 4. The highest BCUT2D eigenvalue weighted by molar-refractivity contribution is 7.46. The van der Waals surface area contributed by atoms with Crippen molar-refractivity contribution in [2.45, 2.75) is 24.5 Å². The number of nitrogens with two attached hydrogens (primary N) is 1. The summed E-state index contributed by atoms with van der Waals surface area (Å²) in [6.45, 7) is -0.605. The fraction of sp³-hybridized carbons (Fsp3) is 0.583. The van der Waals surface area contributed by atoms with E-state index in [4.69, 9.17) is 20.3 Å². The quantitative estimate of drug-likeness (QED) is 0.361. The van der Waals surface area contributed by atoms with Gasteiger partial charge in [-0.2, -0.15) is 9.97 Å². The zero-order valence-electron chi connectivity index (χ0n) is 13.9. The molecule has 1 saturated heterocycles. The van der Waals surface area contributed by atoms with Crippen LogP contribution < -0.4 is 10.6 Å². The number of nitrogen functional groups attached to an aromatic ring is 1. The number of aliphatic hydroxyl groups excluding tert-OH is 2. The summed E-state index contributed by atoms with van der Waals surface area (Å²) < 4.78 is 22.1. The minimum atomic E-state index is -4.74. The van der Waals surface area contributed by atoms with Crippen LogP contribution in [0.3, 0.4) is 0 Å². The van der Waals surface area contributed by atoms with E-state index in [9.17, 15) is 14.8 Å². The first-order valence-electron chi connectivity index (χ1n) is 7.47. The van der Waals surface area contributed by atoms with E-state index in [0.29, 0.717) is 5.95 Å². The molecule has 3 rings (SSSR count). The van der Waals surface area contributed by atoms with E-state index in [-0.39, 0.29) is 17.0 Å². The van der Waals surface area contributed by atoms with Crippen LogP contribution in [0.25, 0.3) is 11.2 Å². The van der Waals surface area contributed by atoms with Gasteiger partial charge in [-0.1, -0.05) is 0 Å². The smallest absolute Gasteiger partial charge is 0.387 e. The van der Waals surface area contributed by atoms with E-state index in [1.165, 1.54) is 10.9 Å². The number of rotatable bonds is 5. The van der Waals surface area contributed by atoms with Crippen molar-refractivity contribution in [3.8, 4) is 0 Å². The van der Waals surface area contributed by atoms with Crippen molar-refractivity contribution in [1.29, 1.82) is 0 Å². The molecular formula is C12H19N6O7P. The molecule has 144 valence electrons. The Morgan fingerprint density at radius 3 is 2.65 bits per heavy atom. The van der Waals surface area contributed by atoms with Gasteiger partial charge in [-0.15, -0.1) is 0 Å². The highest BCUT2D eigenvalue weighted by Crippen LogP contribution is 2.39. The molecule has 26 heavy (non-hydrogen) atoms. The lowest BCUT2D eigenvalue weighted by Crippen LogP contribution is -2.33. The number of ether oxygens (including phenoxy) is 1. The average molecular weight is 390 g/mol. The number of fused-ring (bicyclic) bond motifs is 1. The van der Waals surface area contributed by atoms with E-state index in [1.807, 2.05) is 0 Å². The molecule has 0 amide bonds. The minimum absolute atomic E-state index is 0.131. The molecule has 4 atom stereocenters. The standard InChI is InChI=1S/C12H19N6O7P/c1-17(2)12-15-9(13)6-10(16-12)18(4-14-6)11-8(20)7(19)5(25-11)3-24-26(21,22)23/h4-5,7-8,11,19-20H,3H2,1-2H3,(H2,13,15,16)(H2,21,22,23)/t5-,7-,8-,11?/m1/s1. The molecular weight excluding hydrogens is 371 g/mol. The fourth-order valence-corrected chi connectivity index (χ4v) is 2.92. The zero-order valence-corrected chi connectivity index (χ0v) is 14.8. The summed E-state index contributed by atoms with van der Waals surface area (Å²) >= 11 is 0. The molecule has 0 aromatic carbocycles. The number of phosphoric acid groups is 1. The molecule has 1 unspecified atom stereocenters. The molecule has 1 fully saturated rings. The number of hydrogen-bond donors (Lipinski definition) is 5. The van der Waals surface area contributed by atoms with E-state index in [1.54, 1.807) is 19.0 Å². The number of aliphatic hydroxyl groups is 2. The highest BCUT2D eigenvalue weighted by atomic mass is 31.2.